The Labute approximate surface area is 218 Å². The monoisotopic (exact) mass is 560 g/mol. The minimum Gasteiger partial charge on any atom is -0.462 e. The first-order valence-corrected chi connectivity index (χ1v) is 14.8. The summed E-state index contributed by atoms with van der Waals surface area (Å²) in [5, 5.41) is 13.6. The van der Waals surface area contributed by atoms with Gasteiger partial charge in [-0.1, -0.05) is 18.2 Å². The highest BCUT2D eigenvalue weighted by molar-refractivity contribution is 8.56. The lowest BCUT2D eigenvalue weighted by Gasteiger charge is -2.34. The van der Waals surface area contributed by atoms with Crippen molar-refractivity contribution in [3.8, 4) is 0 Å². The lowest BCUT2D eigenvalue weighted by Crippen LogP contribution is -2.50. The molecule has 0 bridgehead atoms. The van der Waals surface area contributed by atoms with Crippen molar-refractivity contribution in [1.29, 1.82) is 0 Å². The van der Waals surface area contributed by atoms with Crippen LogP contribution < -0.4 is 5.09 Å². The molecule has 13 heteroatoms. The number of benzene rings is 1. The fraction of sp³-hybridized carbons (Fsp3) is 0.522. The van der Waals surface area contributed by atoms with Crippen LogP contribution >= 0.6 is 29.7 Å². The molecule has 2 aliphatic rings. The summed E-state index contributed by atoms with van der Waals surface area (Å²) in [6.07, 6.45) is -1.63. The number of nitrogens with one attached hydrogen (secondary N) is 1. The van der Waals surface area contributed by atoms with Gasteiger partial charge in [0.15, 0.2) is 12.0 Å². The molecule has 0 radical (unpaired) electrons. The van der Waals surface area contributed by atoms with Gasteiger partial charge in [-0.25, -0.2) is 5.09 Å². The minimum absolute atomic E-state index is 0.336. The van der Waals surface area contributed by atoms with Gasteiger partial charge >= 0.3 is 12.7 Å². The number of carbonyl (C=O) groups excluding carboxylic acids is 3. The maximum atomic E-state index is 13.8. The number of halogens is 1. The molecule has 2 aliphatic heterocycles. The van der Waals surface area contributed by atoms with Crippen molar-refractivity contribution in [2.24, 2.45) is 0 Å². The number of amides is 1. The predicted octanol–water partition coefficient (Wildman–Crippen LogP) is 3.23. The normalized spacial score (nSPS) is 28.9. The second kappa shape index (κ2) is 11.8. The number of nitrogens with zero attached hydrogens (tertiary/aromatic N) is 1. The zero-order valence-electron chi connectivity index (χ0n) is 20.3. The number of carbonyl (C=O) groups is 3. The quantitative estimate of drug-likeness (QED) is 0.190. The fourth-order valence-corrected chi connectivity index (χ4v) is 7.74. The maximum Gasteiger partial charge on any atom is 0.332 e. The first kappa shape index (κ1) is 28.8. The number of alkyl halides is 1. The van der Waals surface area contributed by atoms with Crippen LogP contribution in [0.4, 0.5) is 0 Å². The van der Waals surface area contributed by atoms with Crippen LogP contribution in [0.2, 0.25) is 0 Å². The number of esters is 1. The molecule has 3 rings (SSSR count). The SMILES string of the molecule is CC(C)OC(=O)C(C)NP(=O)(OC[C@H]1O[C@@H](N2C=CC(=O)CC2=O)[C@](C)(Cl)[C@@H]1O)Sc1ccccc1. The van der Waals surface area contributed by atoms with Crippen LogP contribution in [-0.2, 0) is 32.9 Å². The highest BCUT2D eigenvalue weighted by Gasteiger charge is 2.56. The molecule has 0 aliphatic carbocycles. The van der Waals surface area contributed by atoms with Gasteiger partial charge in [0.1, 0.15) is 23.1 Å². The highest BCUT2D eigenvalue weighted by Crippen LogP contribution is 2.60. The van der Waals surface area contributed by atoms with Gasteiger partial charge in [-0.05, 0) is 57.3 Å². The van der Waals surface area contributed by atoms with Crippen LogP contribution in [-0.4, -0.2) is 69.7 Å². The van der Waals surface area contributed by atoms with Crippen LogP contribution in [0.3, 0.4) is 0 Å². The molecule has 6 atom stereocenters. The van der Waals surface area contributed by atoms with Gasteiger partial charge in [-0.2, -0.15) is 0 Å². The maximum absolute atomic E-state index is 13.8. The van der Waals surface area contributed by atoms with Gasteiger partial charge in [0.05, 0.1) is 19.1 Å². The highest BCUT2D eigenvalue weighted by atomic mass is 35.5. The first-order valence-electron chi connectivity index (χ1n) is 11.3. The molecule has 1 amide bonds. The van der Waals surface area contributed by atoms with Gasteiger partial charge in [0.2, 0.25) is 5.91 Å². The summed E-state index contributed by atoms with van der Waals surface area (Å²) < 4.78 is 30.6. The molecular formula is C23H30ClN2O8PS. The van der Waals surface area contributed by atoms with E-state index >= 15 is 0 Å². The molecule has 1 aromatic rings. The molecule has 1 aromatic carbocycles. The van der Waals surface area contributed by atoms with E-state index in [2.05, 4.69) is 5.09 Å². The summed E-state index contributed by atoms with van der Waals surface area (Å²) in [6.45, 7) is 2.26. The standard InChI is InChI=1S/C23H30ClN2O8PS/c1-14(2)33-21(30)15(3)25-35(31,36-17-8-6-5-7-9-17)32-13-18-20(29)23(4,24)22(34-18)26-11-10-16(27)12-19(26)28/h5-11,14-15,18,20,22,29H,12-13H2,1-4H3,(H,25,31)/t15?,18-,20-,22-,23-,35?/m1/s1. The van der Waals surface area contributed by atoms with E-state index in [1.165, 1.54) is 26.1 Å². The summed E-state index contributed by atoms with van der Waals surface area (Å²) >= 11 is 7.47. The average Bonchev–Trinajstić information content (AvgIpc) is 3.01. The molecule has 2 N–H and O–H groups in total. The van der Waals surface area contributed by atoms with Crippen molar-refractivity contribution in [1.82, 2.24) is 9.99 Å². The molecule has 1 fully saturated rings. The molecule has 36 heavy (non-hydrogen) atoms. The summed E-state index contributed by atoms with van der Waals surface area (Å²) in [5.41, 5.74) is 0. The second-order valence-electron chi connectivity index (χ2n) is 8.92. The van der Waals surface area contributed by atoms with Gasteiger partial charge in [-0.15, -0.1) is 11.6 Å². The van der Waals surface area contributed by atoms with Crippen LogP contribution in [0.15, 0.2) is 47.5 Å². The number of hydrogen-bond acceptors (Lipinski definition) is 9. The fourth-order valence-electron chi connectivity index (χ4n) is 3.61. The van der Waals surface area contributed by atoms with Crippen molar-refractivity contribution in [2.75, 3.05) is 6.61 Å². The van der Waals surface area contributed by atoms with E-state index in [1.54, 1.807) is 44.2 Å². The number of rotatable bonds is 10. The molecular weight excluding hydrogens is 531 g/mol. The zero-order valence-corrected chi connectivity index (χ0v) is 22.8. The summed E-state index contributed by atoms with van der Waals surface area (Å²) in [7, 11) is 0. The Hall–Kier alpha value is -1.72. The predicted molar refractivity (Wildman–Crippen MR) is 134 cm³/mol. The Morgan fingerprint density at radius 1 is 1.33 bits per heavy atom. The van der Waals surface area contributed by atoms with E-state index in [0.717, 1.165) is 16.3 Å². The third-order valence-electron chi connectivity index (χ3n) is 5.44. The molecule has 2 unspecified atom stereocenters. The number of aliphatic hydroxyl groups excluding tert-OH is 1. The summed E-state index contributed by atoms with van der Waals surface area (Å²) in [5.74, 6) is -1.46. The third kappa shape index (κ3) is 6.98. The molecule has 0 spiro atoms. The van der Waals surface area contributed by atoms with Crippen LogP contribution in [0.25, 0.3) is 0 Å². The van der Waals surface area contributed by atoms with E-state index in [1.807, 2.05) is 0 Å². The number of ketones is 1. The Bertz CT molecular complexity index is 1050. The largest absolute Gasteiger partial charge is 0.462 e. The molecule has 0 saturated carbocycles. The van der Waals surface area contributed by atoms with E-state index in [0.29, 0.717) is 4.90 Å². The van der Waals surface area contributed by atoms with Crippen molar-refractivity contribution in [3.05, 3.63) is 42.6 Å². The Morgan fingerprint density at radius 2 is 2.00 bits per heavy atom. The van der Waals surface area contributed by atoms with Crippen LogP contribution in [0.1, 0.15) is 34.1 Å². The summed E-state index contributed by atoms with van der Waals surface area (Å²) in [4.78, 5) is 36.6. The number of aliphatic hydroxyl groups is 1. The van der Waals surface area contributed by atoms with Crippen LogP contribution in [0, 0.1) is 0 Å². The van der Waals surface area contributed by atoms with E-state index in [4.69, 9.17) is 25.6 Å². The van der Waals surface area contributed by atoms with Crippen molar-refractivity contribution >= 4 is 47.4 Å². The van der Waals surface area contributed by atoms with E-state index in [9.17, 15) is 24.1 Å². The Kier molecular flexibility index (Phi) is 9.43. The number of hydrogen-bond donors (Lipinski definition) is 2. The summed E-state index contributed by atoms with van der Waals surface area (Å²) in [6, 6.07) is 7.86. The molecule has 1 saturated heterocycles. The van der Waals surface area contributed by atoms with E-state index < -0.39 is 47.9 Å². The number of allylic oxidation sites excluding steroid dienone is 1. The van der Waals surface area contributed by atoms with Gasteiger partial charge in [0.25, 0.3) is 0 Å². The lowest BCUT2D eigenvalue weighted by molar-refractivity contribution is -0.149. The van der Waals surface area contributed by atoms with Crippen LogP contribution in [0.5, 0.6) is 0 Å². The van der Waals surface area contributed by atoms with Crippen molar-refractivity contribution < 1.29 is 38.1 Å². The third-order valence-corrected chi connectivity index (χ3v) is 9.75. The molecule has 198 valence electrons. The van der Waals surface area contributed by atoms with Gasteiger partial charge in [-0.3, -0.25) is 23.8 Å². The van der Waals surface area contributed by atoms with Gasteiger partial charge < -0.3 is 19.1 Å². The lowest BCUT2D eigenvalue weighted by atomic mass is 9.99. The number of ether oxygens (including phenoxy) is 2. The first-order chi connectivity index (χ1) is 16.8. The minimum atomic E-state index is -3.80. The Balaban J connectivity index is 1.76. The van der Waals surface area contributed by atoms with E-state index in [-0.39, 0.29) is 24.9 Å². The van der Waals surface area contributed by atoms with Gasteiger partial charge in [0, 0.05) is 11.1 Å². The molecule has 2 heterocycles. The Morgan fingerprint density at radius 3 is 2.61 bits per heavy atom. The topological polar surface area (TPSA) is 131 Å². The second-order valence-corrected chi connectivity index (χ2v) is 13.9. The molecule has 10 nitrogen and oxygen atoms in total. The van der Waals surface area contributed by atoms with Crippen molar-refractivity contribution in [3.63, 3.8) is 0 Å². The van der Waals surface area contributed by atoms with Crippen molar-refractivity contribution in [2.45, 2.75) is 74.5 Å². The average molecular weight is 561 g/mol. The molecule has 0 aromatic heterocycles. The zero-order chi connectivity index (χ0) is 26.7. The smallest absolute Gasteiger partial charge is 0.332 e.